The molecule has 0 fully saturated rings. The molecule has 1 unspecified atom stereocenters. The van der Waals surface area contributed by atoms with Crippen LogP contribution in [0.1, 0.15) is 33.3 Å². The maximum absolute atomic E-state index is 6.29. The van der Waals surface area contributed by atoms with E-state index in [-0.39, 0.29) is 11.1 Å². The highest BCUT2D eigenvalue weighted by Gasteiger charge is 2.38. The quantitative estimate of drug-likeness (QED) is 0.836. The van der Waals surface area contributed by atoms with Gasteiger partial charge in [0.15, 0.2) is 0 Å². The molecule has 0 aromatic heterocycles. The van der Waals surface area contributed by atoms with E-state index >= 15 is 0 Å². The third-order valence-electron chi connectivity index (χ3n) is 3.64. The molecule has 0 amide bonds. The van der Waals surface area contributed by atoms with Crippen molar-refractivity contribution < 1.29 is 4.43 Å². The fourth-order valence-corrected chi connectivity index (χ4v) is 2.58. The first-order valence-electron chi connectivity index (χ1n) is 6.65. The monoisotopic (exact) mass is 265 g/mol. The van der Waals surface area contributed by atoms with Crippen LogP contribution in [0.5, 0.6) is 5.75 Å². The van der Waals surface area contributed by atoms with E-state index in [1.807, 2.05) is 13.0 Å². The SMILES string of the molecule is CC(N)Cc1cccc(O[Si](C)(C)C(C)(C)C)c1. The van der Waals surface area contributed by atoms with E-state index in [1.54, 1.807) is 0 Å². The normalized spacial score (nSPS) is 14.4. The van der Waals surface area contributed by atoms with Crippen molar-refractivity contribution in [1.29, 1.82) is 0 Å². The number of rotatable bonds is 4. The molecule has 18 heavy (non-hydrogen) atoms. The average molecular weight is 265 g/mol. The third-order valence-corrected chi connectivity index (χ3v) is 7.99. The number of nitrogens with two attached hydrogens (primary N) is 1. The van der Waals surface area contributed by atoms with Gasteiger partial charge in [0.25, 0.3) is 0 Å². The highest BCUT2D eigenvalue weighted by molar-refractivity contribution is 6.74. The summed E-state index contributed by atoms with van der Waals surface area (Å²) in [6, 6.07) is 8.53. The van der Waals surface area contributed by atoms with Gasteiger partial charge in [0.2, 0.25) is 8.32 Å². The first-order valence-corrected chi connectivity index (χ1v) is 9.56. The Morgan fingerprint density at radius 1 is 1.28 bits per heavy atom. The summed E-state index contributed by atoms with van der Waals surface area (Å²) in [6.45, 7) is 13.3. The smallest absolute Gasteiger partial charge is 0.250 e. The molecule has 0 radical (unpaired) electrons. The van der Waals surface area contributed by atoms with Gasteiger partial charge in [0.05, 0.1) is 0 Å². The number of hydrogen-bond donors (Lipinski definition) is 1. The Labute approximate surface area is 113 Å². The lowest BCUT2D eigenvalue weighted by Crippen LogP contribution is -2.43. The summed E-state index contributed by atoms with van der Waals surface area (Å²) in [7, 11) is -1.74. The van der Waals surface area contributed by atoms with E-state index in [0.717, 1.165) is 12.2 Å². The predicted octanol–water partition coefficient (Wildman–Crippen LogP) is 3.96. The molecule has 1 atom stereocenters. The molecule has 2 nitrogen and oxygen atoms in total. The van der Waals surface area contributed by atoms with Crippen LogP contribution >= 0.6 is 0 Å². The lowest BCUT2D eigenvalue weighted by molar-refractivity contribution is 0.491. The summed E-state index contributed by atoms with van der Waals surface area (Å²) < 4.78 is 6.29. The van der Waals surface area contributed by atoms with Crippen LogP contribution in [-0.2, 0) is 6.42 Å². The van der Waals surface area contributed by atoms with Crippen LogP contribution in [-0.4, -0.2) is 14.4 Å². The maximum atomic E-state index is 6.29. The van der Waals surface area contributed by atoms with Crippen molar-refractivity contribution in [2.75, 3.05) is 0 Å². The molecule has 1 aromatic rings. The van der Waals surface area contributed by atoms with Crippen LogP contribution in [0.4, 0.5) is 0 Å². The Bertz CT molecular complexity index is 394. The summed E-state index contributed by atoms with van der Waals surface area (Å²) in [5, 5.41) is 0.226. The van der Waals surface area contributed by atoms with Crippen LogP contribution < -0.4 is 10.2 Å². The zero-order valence-corrected chi connectivity index (χ0v) is 13.6. The molecule has 1 rings (SSSR count). The zero-order chi connectivity index (χ0) is 14.0. The standard InChI is InChI=1S/C15H27NOSi/c1-12(16)10-13-8-7-9-14(11-13)17-18(5,6)15(2,3)4/h7-9,11-12H,10,16H2,1-6H3. The van der Waals surface area contributed by atoms with Crippen molar-refractivity contribution in [3.8, 4) is 5.75 Å². The van der Waals surface area contributed by atoms with E-state index in [9.17, 15) is 0 Å². The average Bonchev–Trinajstić information content (AvgIpc) is 2.14. The van der Waals surface area contributed by atoms with Gasteiger partial charge in [-0.05, 0) is 49.2 Å². The van der Waals surface area contributed by atoms with Gasteiger partial charge in [-0.2, -0.15) is 0 Å². The van der Waals surface area contributed by atoms with Crippen molar-refractivity contribution >= 4 is 8.32 Å². The van der Waals surface area contributed by atoms with Crippen LogP contribution in [0.25, 0.3) is 0 Å². The summed E-state index contributed by atoms with van der Waals surface area (Å²) in [5.41, 5.74) is 7.09. The summed E-state index contributed by atoms with van der Waals surface area (Å²) in [4.78, 5) is 0. The van der Waals surface area contributed by atoms with Crippen molar-refractivity contribution in [2.24, 2.45) is 5.73 Å². The molecule has 0 bridgehead atoms. The second-order valence-electron chi connectivity index (χ2n) is 6.69. The summed E-state index contributed by atoms with van der Waals surface area (Å²) >= 11 is 0. The minimum Gasteiger partial charge on any atom is -0.543 e. The molecule has 0 spiro atoms. The summed E-state index contributed by atoms with van der Waals surface area (Å²) in [5.74, 6) is 0.986. The van der Waals surface area contributed by atoms with Gasteiger partial charge in [0.1, 0.15) is 5.75 Å². The summed E-state index contributed by atoms with van der Waals surface area (Å²) in [6.07, 6.45) is 0.898. The Hall–Kier alpha value is -0.803. The highest BCUT2D eigenvalue weighted by Crippen LogP contribution is 2.37. The largest absolute Gasteiger partial charge is 0.543 e. The molecule has 0 heterocycles. The van der Waals surface area contributed by atoms with Crippen molar-refractivity contribution in [2.45, 2.75) is 58.3 Å². The van der Waals surface area contributed by atoms with E-state index in [0.29, 0.717) is 0 Å². The van der Waals surface area contributed by atoms with E-state index in [4.69, 9.17) is 10.2 Å². The van der Waals surface area contributed by atoms with Crippen molar-refractivity contribution in [3.63, 3.8) is 0 Å². The molecule has 0 aliphatic rings. The van der Waals surface area contributed by atoms with Gasteiger partial charge in [-0.1, -0.05) is 32.9 Å². The molecule has 0 saturated carbocycles. The van der Waals surface area contributed by atoms with Gasteiger partial charge in [-0.15, -0.1) is 0 Å². The minimum absolute atomic E-state index is 0.188. The first kappa shape index (κ1) is 15.3. The molecule has 3 heteroatoms. The zero-order valence-electron chi connectivity index (χ0n) is 12.6. The Balaban J connectivity index is 2.85. The van der Waals surface area contributed by atoms with Gasteiger partial charge in [-0.3, -0.25) is 0 Å². The number of hydrogen-bond acceptors (Lipinski definition) is 2. The molecule has 2 N–H and O–H groups in total. The Kier molecular flexibility index (Phi) is 4.62. The Morgan fingerprint density at radius 3 is 2.39 bits per heavy atom. The lowest BCUT2D eigenvalue weighted by atomic mass is 10.1. The highest BCUT2D eigenvalue weighted by atomic mass is 28.4. The van der Waals surface area contributed by atoms with Crippen molar-refractivity contribution in [3.05, 3.63) is 29.8 Å². The fraction of sp³-hybridized carbons (Fsp3) is 0.600. The topological polar surface area (TPSA) is 35.2 Å². The van der Waals surface area contributed by atoms with Gasteiger partial charge in [0, 0.05) is 6.04 Å². The van der Waals surface area contributed by atoms with Crippen LogP contribution in [0, 0.1) is 0 Å². The fourth-order valence-electron chi connectivity index (χ4n) is 1.56. The van der Waals surface area contributed by atoms with Gasteiger partial charge in [-0.25, -0.2) is 0 Å². The lowest BCUT2D eigenvalue weighted by Gasteiger charge is -2.36. The second-order valence-corrected chi connectivity index (χ2v) is 11.4. The van der Waals surface area contributed by atoms with E-state index < -0.39 is 8.32 Å². The van der Waals surface area contributed by atoms with Gasteiger partial charge >= 0.3 is 0 Å². The van der Waals surface area contributed by atoms with Gasteiger partial charge < -0.3 is 10.2 Å². The van der Waals surface area contributed by atoms with Crippen LogP contribution in [0.2, 0.25) is 18.1 Å². The van der Waals surface area contributed by atoms with Crippen molar-refractivity contribution in [1.82, 2.24) is 0 Å². The second kappa shape index (κ2) is 5.45. The molecular formula is C15H27NOSi. The van der Waals surface area contributed by atoms with E-state index in [2.05, 4.69) is 52.1 Å². The molecule has 102 valence electrons. The molecule has 1 aromatic carbocycles. The first-order chi connectivity index (χ1) is 8.12. The molecule has 0 saturated heterocycles. The number of benzene rings is 1. The Morgan fingerprint density at radius 2 is 1.89 bits per heavy atom. The minimum atomic E-state index is -1.74. The predicted molar refractivity (Wildman–Crippen MR) is 81.6 cm³/mol. The van der Waals surface area contributed by atoms with Crippen LogP contribution in [0.15, 0.2) is 24.3 Å². The van der Waals surface area contributed by atoms with Crippen LogP contribution in [0.3, 0.4) is 0 Å². The third kappa shape index (κ3) is 4.14. The molecular weight excluding hydrogens is 238 g/mol. The maximum Gasteiger partial charge on any atom is 0.250 e. The van der Waals surface area contributed by atoms with E-state index in [1.165, 1.54) is 5.56 Å². The molecule has 0 aliphatic carbocycles. The molecule has 0 aliphatic heterocycles.